The topological polar surface area (TPSA) is 53.4 Å². The Morgan fingerprint density at radius 1 is 1.23 bits per heavy atom. The molecule has 7 heteroatoms. The van der Waals surface area contributed by atoms with Gasteiger partial charge in [-0.15, -0.1) is 0 Å². The first-order valence-corrected chi connectivity index (χ1v) is 9.57. The molecule has 138 valence electrons. The molecule has 1 N–H and O–H groups in total. The molecule has 26 heavy (non-hydrogen) atoms. The van der Waals surface area contributed by atoms with E-state index in [-0.39, 0.29) is 5.91 Å². The fourth-order valence-electron chi connectivity index (χ4n) is 3.88. The van der Waals surface area contributed by atoms with E-state index in [0.717, 1.165) is 57.1 Å². The molecule has 3 heterocycles. The van der Waals surface area contributed by atoms with Crippen molar-refractivity contribution in [1.82, 2.24) is 24.9 Å². The van der Waals surface area contributed by atoms with Gasteiger partial charge in [-0.3, -0.25) is 9.69 Å². The predicted molar refractivity (Wildman–Crippen MR) is 102 cm³/mol. The smallest absolute Gasteiger partial charge is 0.274 e. The molecule has 0 bridgehead atoms. The van der Waals surface area contributed by atoms with E-state index in [1.165, 1.54) is 0 Å². The van der Waals surface area contributed by atoms with Crippen molar-refractivity contribution in [1.29, 1.82) is 0 Å². The Hall–Kier alpha value is -1.89. The first-order chi connectivity index (χ1) is 12.6. The molecule has 0 radical (unpaired) electrons. The molecule has 1 amide bonds. The largest absolute Gasteiger partial charge is 0.336 e. The number of carbonyl (C=O) groups excluding carboxylic acids is 1. The number of aromatic nitrogens is 2. The van der Waals surface area contributed by atoms with Crippen LogP contribution >= 0.6 is 11.6 Å². The highest BCUT2D eigenvalue weighted by atomic mass is 35.5. The number of nitrogens with one attached hydrogen (secondary N) is 1. The fraction of sp³-hybridized carbons (Fsp3) is 0.474. The van der Waals surface area contributed by atoms with Crippen LogP contribution in [0.1, 0.15) is 22.6 Å². The van der Waals surface area contributed by atoms with Crippen LogP contribution in [0.4, 0.5) is 0 Å². The van der Waals surface area contributed by atoms with E-state index in [4.69, 9.17) is 11.6 Å². The monoisotopic (exact) mass is 373 g/mol. The normalized spacial score (nSPS) is 21.3. The third-order valence-corrected chi connectivity index (χ3v) is 5.63. The van der Waals surface area contributed by atoms with Crippen molar-refractivity contribution in [3.63, 3.8) is 0 Å². The molecule has 6 nitrogen and oxygen atoms in total. The number of carbonyl (C=O) groups is 1. The standard InChI is InChI=1S/C19H24ClN5O/c1-14-12-17(22-25(14)18-5-3-2-4-16(18)20)19(26)24-9-6-15(13-24)23-10-7-21-8-11-23/h2-5,12,15,21H,6-11,13H2,1H3. The zero-order chi connectivity index (χ0) is 18.1. The summed E-state index contributed by atoms with van der Waals surface area (Å²) in [5.74, 6) is 0.0107. The summed E-state index contributed by atoms with van der Waals surface area (Å²) in [6.45, 7) is 7.72. The van der Waals surface area contributed by atoms with Crippen LogP contribution in [-0.4, -0.2) is 70.8 Å². The van der Waals surface area contributed by atoms with E-state index < -0.39 is 0 Å². The summed E-state index contributed by atoms with van der Waals surface area (Å²) in [6, 6.07) is 9.86. The van der Waals surface area contributed by atoms with Crippen molar-refractivity contribution in [3.05, 3.63) is 46.7 Å². The third kappa shape index (κ3) is 3.37. The number of halogens is 1. The molecular weight excluding hydrogens is 350 g/mol. The summed E-state index contributed by atoms with van der Waals surface area (Å²) in [4.78, 5) is 17.4. The van der Waals surface area contributed by atoms with Crippen LogP contribution in [0, 0.1) is 6.92 Å². The maximum absolute atomic E-state index is 12.9. The van der Waals surface area contributed by atoms with Crippen LogP contribution in [0.3, 0.4) is 0 Å². The number of amides is 1. The maximum atomic E-state index is 12.9. The zero-order valence-electron chi connectivity index (χ0n) is 15.0. The van der Waals surface area contributed by atoms with Gasteiger partial charge in [0.25, 0.3) is 5.91 Å². The van der Waals surface area contributed by atoms with Crippen LogP contribution in [0.15, 0.2) is 30.3 Å². The molecule has 2 aliphatic rings. The number of hydrogen-bond acceptors (Lipinski definition) is 4. The molecule has 2 saturated heterocycles. The summed E-state index contributed by atoms with van der Waals surface area (Å²) < 4.78 is 1.75. The highest BCUT2D eigenvalue weighted by Gasteiger charge is 2.32. The summed E-state index contributed by atoms with van der Waals surface area (Å²) in [5, 5.41) is 8.54. The highest BCUT2D eigenvalue weighted by molar-refractivity contribution is 6.32. The number of para-hydroxylation sites is 1. The molecule has 0 saturated carbocycles. The molecule has 1 aromatic heterocycles. The van der Waals surface area contributed by atoms with Gasteiger partial charge in [-0.2, -0.15) is 5.10 Å². The highest BCUT2D eigenvalue weighted by Crippen LogP contribution is 2.23. The van der Waals surface area contributed by atoms with Gasteiger partial charge in [0, 0.05) is 51.0 Å². The van der Waals surface area contributed by atoms with Gasteiger partial charge < -0.3 is 10.2 Å². The van der Waals surface area contributed by atoms with Gasteiger partial charge in [0.15, 0.2) is 5.69 Å². The molecule has 1 aromatic carbocycles. The maximum Gasteiger partial charge on any atom is 0.274 e. The first kappa shape index (κ1) is 17.5. The lowest BCUT2D eigenvalue weighted by Crippen LogP contribution is -2.49. The molecule has 4 rings (SSSR count). The van der Waals surface area contributed by atoms with E-state index in [2.05, 4.69) is 15.3 Å². The van der Waals surface area contributed by atoms with Crippen LogP contribution in [0.2, 0.25) is 5.02 Å². The predicted octanol–water partition coefficient (Wildman–Crippen LogP) is 1.95. The van der Waals surface area contributed by atoms with Crippen molar-refractivity contribution in [2.24, 2.45) is 0 Å². The van der Waals surface area contributed by atoms with Gasteiger partial charge in [0.2, 0.25) is 0 Å². The summed E-state index contributed by atoms with van der Waals surface area (Å²) in [5.41, 5.74) is 2.19. The summed E-state index contributed by atoms with van der Waals surface area (Å²) >= 11 is 6.29. The first-order valence-electron chi connectivity index (χ1n) is 9.19. The quantitative estimate of drug-likeness (QED) is 0.893. The lowest BCUT2D eigenvalue weighted by atomic mass is 10.2. The molecule has 0 spiro atoms. The van der Waals surface area contributed by atoms with E-state index in [1.54, 1.807) is 4.68 Å². The Morgan fingerprint density at radius 3 is 2.77 bits per heavy atom. The third-order valence-electron chi connectivity index (χ3n) is 5.31. The number of nitrogens with zero attached hydrogens (tertiary/aromatic N) is 4. The zero-order valence-corrected chi connectivity index (χ0v) is 15.7. The molecule has 2 aromatic rings. The summed E-state index contributed by atoms with van der Waals surface area (Å²) in [6.07, 6.45) is 1.04. The fourth-order valence-corrected chi connectivity index (χ4v) is 4.10. The van der Waals surface area contributed by atoms with Gasteiger partial charge in [0.1, 0.15) is 0 Å². The lowest BCUT2D eigenvalue weighted by molar-refractivity contribution is 0.0767. The van der Waals surface area contributed by atoms with Gasteiger partial charge in [-0.05, 0) is 31.5 Å². The molecule has 1 unspecified atom stereocenters. The molecular formula is C19H24ClN5O. The van der Waals surface area contributed by atoms with Crippen molar-refractivity contribution in [3.8, 4) is 5.69 Å². The Bertz CT molecular complexity index is 799. The van der Waals surface area contributed by atoms with Crippen LogP contribution in [-0.2, 0) is 0 Å². The van der Waals surface area contributed by atoms with Gasteiger partial charge in [-0.1, -0.05) is 23.7 Å². The number of aryl methyl sites for hydroxylation is 1. The van der Waals surface area contributed by atoms with E-state index in [1.807, 2.05) is 42.2 Å². The molecule has 2 aliphatic heterocycles. The van der Waals surface area contributed by atoms with Crippen LogP contribution in [0.5, 0.6) is 0 Å². The SMILES string of the molecule is Cc1cc(C(=O)N2CCC(N3CCNCC3)C2)nn1-c1ccccc1Cl. The molecule has 1 atom stereocenters. The van der Waals surface area contributed by atoms with Crippen LogP contribution < -0.4 is 5.32 Å². The number of rotatable bonds is 3. The van der Waals surface area contributed by atoms with Crippen LogP contribution in [0.25, 0.3) is 5.69 Å². The Kier molecular flexibility index (Phi) is 4.98. The lowest BCUT2D eigenvalue weighted by Gasteiger charge is -2.32. The second-order valence-corrected chi connectivity index (χ2v) is 7.42. The van der Waals surface area contributed by atoms with Crippen molar-refractivity contribution < 1.29 is 4.79 Å². The Balaban J connectivity index is 1.49. The number of hydrogen-bond donors (Lipinski definition) is 1. The van der Waals surface area contributed by atoms with E-state index in [9.17, 15) is 4.79 Å². The second kappa shape index (κ2) is 7.39. The number of piperazine rings is 1. The average Bonchev–Trinajstić information content (AvgIpc) is 3.30. The Labute approximate surface area is 158 Å². The van der Waals surface area contributed by atoms with Gasteiger partial charge in [0.05, 0.1) is 10.7 Å². The average molecular weight is 374 g/mol. The number of likely N-dealkylation sites (tertiary alicyclic amines) is 1. The van der Waals surface area contributed by atoms with Crippen molar-refractivity contribution in [2.45, 2.75) is 19.4 Å². The molecule has 2 fully saturated rings. The van der Waals surface area contributed by atoms with Gasteiger partial charge >= 0.3 is 0 Å². The van der Waals surface area contributed by atoms with Crippen molar-refractivity contribution >= 4 is 17.5 Å². The minimum atomic E-state index is 0.0107. The summed E-state index contributed by atoms with van der Waals surface area (Å²) in [7, 11) is 0. The van der Waals surface area contributed by atoms with E-state index >= 15 is 0 Å². The van der Waals surface area contributed by atoms with Gasteiger partial charge in [-0.25, -0.2) is 4.68 Å². The second-order valence-electron chi connectivity index (χ2n) is 7.01. The van der Waals surface area contributed by atoms with Crippen molar-refractivity contribution in [2.75, 3.05) is 39.3 Å². The minimum Gasteiger partial charge on any atom is -0.336 e. The Morgan fingerprint density at radius 2 is 2.00 bits per heavy atom. The number of benzene rings is 1. The van der Waals surface area contributed by atoms with E-state index in [0.29, 0.717) is 16.8 Å². The minimum absolute atomic E-state index is 0.0107. The molecule has 0 aliphatic carbocycles.